The van der Waals surface area contributed by atoms with Crippen LogP contribution >= 0.6 is 0 Å². The van der Waals surface area contributed by atoms with Crippen LogP contribution in [0.25, 0.3) is 0 Å². The van der Waals surface area contributed by atoms with Gasteiger partial charge in [0.25, 0.3) is 0 Å². The number of carbonyl (C=O) groups excluding carboxylic acids is 1. The van der Waals surface area contributed by atoms with Crippen molar-refractivity contribution in [2.24, 2.45) is 0 Å². The van der Waals surface area contributed by atoms with Gasteiger partial charge < -0.3 is 15.1 Å². The van der Waals surface area contributed by atoms with E-state index in [2.05, 4.69) is 10.6 Å². The highest BCUT2D eigenvalue weighted by atomic mass is 16.3. The number of nitrogens with one attached hydrogen (secondary N) is 2. The van der Waals surface area contributed by atoms with Crippen LogP contribution in [0, 0.1) is 0 Å². The monoisotopic (exact) mass is 224 g/mol. The van der Waals surface area contributed by atoms with Gasteiger partial charge >= 0.3 is 0 Å². The molecule has 4 nitrogen and oxygen atoms in total. The molecule has 0 aliphatic rings. The van der Waals surface area contributed by atoms with E-state index in [1.54, 1.807) is 6.26 Å². The van der Waals surface area contributed by atoms with Crippen LogP contribution in [0.5, 0.6) is 0 Å². The lowest BCUT2D eigenvalue weighted by atomic mass is 10.0. The maximum Gasteiger partial charge on any atom is 0.240 e. The lowest BCUT2D eigenvalue weighted by Gasteiger charge is -2.26. The molecule has 2 N–H and O–H groups in total. The fourth-order valence-electron chi connectivity index (χ4n) is 1.51. The van der Waals surface area contributed by atoms with Gasteiger partial charge in [0.15, 0.2) is 0 Å². The average molecular weight is 224 g/mol. The summed E-state index contributed by atoms with van der Waals surface area (Å²) < 4.78 is 5.23. The standard InChI is InChI=1S/C12H20N2O2/c1-5-13-12(3,4)11(15)14-9(2)10-7-6-8-16-10/h6-9,13H,5H2,1-4H3,(H,14,15)/t9-/m0/s1. The van der Waals surface area contributed by atoms with E-state index in [1.165, 1.54) is 0 Å². The molecule has 0 aliphatic heterocycles. The number of carbonyl (C=O) groups is 1. The molecule has 16 heavy (non-hydrogen) atoms. The van der Waals surface area contributed by atoms with Gasteiger partial charge in [-0.1, -0.05) is 6.92 Å². The van der Waals surface area contributed by atoms with Gasteiger partial charge in [0.2, 0.25) is 5.91 Å². The molecule has 4 heteroatoms. The molecular weight excluding hydrogens is 204 g/mol. The van der Waals surface area contributed by atoms with Crippen LogP contribution in [0.2, 0.25) is 0 Å². The van der Waals surface area contributed by atoms with Gasteiger partial charge in [0.1, 0.15) is 5.76 Å². The van der Waals surface area contributed by atoms with Crippen LogP contribution in [0.3, 0.4) is 0 Å². The summed E-state index contributed by atoms with van der Waals surface area (Å²) in [6, 6.07) is 3.55. The third-order valence-corrected chi connectivity index (χ3v) is 2.50. The van der Waals surface area contributed by atoms with E-state index in [0.29, 0.717) is 0 Å². The van der Waals surface area contributed by atoms with Crippen molar-refractivity contribution in [1.82, 2.24) is 10.6 Å². The molecule has 1 rings (SSSR count). The minimum Gasteiger partial charge on any atom is -0.467 e. The van der Waals surface area contributed by atoms with Crippen molar-refractivity contribution in [3.8, 4) is 0 Å². The van der Waals surface area contributed by atoms with Crippen molar-refractivity contribution in [3.63, 3.8) is 0 Å². The number of hydrogen-bond acceptors (Lipinski definition) is 3. The van der Waals surface area contributed by atoms with E-state index in [0.717, 1.165) is 12.3 Å². The molecule has 90 valence electrons. The molecule has 1 aromatic rings. The second-order valence-electron chi connectivity index (χ2n) is 4.37. The zero-order chi connectivity index (χ0) is 12.2. The van der Waals surface area contributed by atoms with E-state index in [-0.39, 0.29) is 11.9 Å². The van der Waals surface area contributed by atoms with Crippen LogP contribution < -0.4 is 10.6 Å². The van der Waals surface area contributed by atoms with Gasteiger partial charge in [-0.2, -0.15) is 0 Å². The number of likely N-dealkylation sites (N-methyl/N-ethyl adjacent to an activating group) is 1. The second-order valence-corrected chi connectivity index (χ2v) is 4.37. The second kappa shape index (κ2) is 5.16. The fourth-order valence-corrected chi connectivity index (χ4v) is 1.51. The minimum absolute atomic E-state index is 0.0294. The Morgan fingerprint density at radius 1 is 1.56 bits per heavy atom. The molecule has 0 bridgehead atoms. The molecule has 0 spiro atoms. The maximum absolute atomic E-state index is 11.9. The van der Waals surface area contributed by atoms with Gasteiger partial charge in [-0.25, -0.2) is 0 Å². The first-order valence-electron chi connectivity index (χ1n) is 5.56. The van der Waals surface area contributed by atoms with E-state index in [1.807, 2.05) is 39.8 Å². The summed E-state index contributed by atoms with van der Waals surface area (Å²) in [4.78, 5) is 11.9. The highest BCUT2D eigenvalue weighted by Crippen LogP contribution is 2.13. The van der Waals surface area contributed by atoms with E-state index in [4.69, 9.17) is 4.42 Å². The van der Waals surface area contributed by atoms with Crippen molar-refractivity contribution in [3.05, 3.63) is 24.2 Å². The normalized spacial score (nSPS) is 13.5. The Kier molecular flexibility index (Phi) is 4.12. The first-order valence-corrected chi connectivity index (χ1v) is 5.56. The SMILES string of the molecule is CCNC(C)(C)C(=O)N[C@@H](C)c1ccco1. The van der Waals surface area contributed by atoms with Crippen molar-refractivity contribution in [2.75, 3.05) is 6.54 Å². The first-order chi connectivity index (χ1) is 7.47. The highest BCUT2D eigenvalue weighted by Gasteiger charge is 2.27. The number of rotatable bonds is 5. The number of furan rings is 1. The van der Waals surface area contributed by atoms with Crippen LogP contribution in [0.1, 0.15) is 39.5 Å². The van der Waals surface area contributed by atoms with Gasteiger partial charge in [-0.05, 0) is 39.4 Å². The smallest absolute Gasteiger partial charge is 0.240 e. The zero-order valence-corrected chi connectivity index (χ0v) is 10.3. The molecule has 0 aromatic carbocycles. The number of amides is 1. The predicted molar refractivity (Wildman–Crippen MR) is 63.0 cm³/mol. The minimum atomic E-state index is -0.560. The summed E-state index contributed by atoms with van der Waals surface area (Å²) in [6.07, 6.45) is 1.60. The van der Waals surface area contributed by atoms with Gasteiger partial charge in [-0.15, -0.1) is 0 Å². The lowest BCUT2D eigenvalue weighted by molar-refractivity contribution is -0.127. The van der Waals surface area contributed by atoms with Crippen LogP contribution in [-0.4, -0.2) is 18.0 Å². The third-order valence-electron chi connectivity index (χ3n) is 2.50. The maximum atomic E-state index is 11.9. The summed E-state index contributed by atoms with van der Waals surface area (Å²) in [6.45, 7) is 8.36. The Morgan fingerprint density at radius 2 is 2.25 bits per heavy atom. The van der Waals surface area contributed by atoms with Crippen LogP contribution in [-0.2, 0) is 4.79 Å². The van der Waals surface area contributed by atoms with E-state index >= 15 is 0 Å². The zero-order valence-electron chi connectivity index (χ0n) is 10.3. The molecular formula is C12H20N2O2. The predicted octanol–water partition coefficient (Wildman–Crippen LogP) is 1.84. The Morgan fingerprint density at radius 3 is 2.75 bits per heavy atom. The number of hydrogen-bond donors (Lipinski definition) is 2. The van der Waals surface area contributed by atoms with Crippen molar-refractivity contribution >= 4 is 5.91 Å². The Balaban J connectivity index is 2.57. The quantitative estimate of drug-likeness (QED) is 0.802. The van der Waals surface area contributed by atoms with Crippen molar-refractivity contribution in [2.45, 2.75) is 39.3 Å². The van der Waals surface area contributed by atoms with Crippen LogP contribution in [0.4, 0.5) is 0 Å². The Labute approximate surface area is 96.4 Å². The molecule has 1 heterocycles. The molecule has 0 saturated carbocycles. The van der Waals surface area contributed by atoms with Gasteiger partial charge in [0, 0.05) is 0 Å². The molecule has 0 saturated heterocycles. The third kappa shape index (κ3) is 3.10. The summed E-state index contributed by atoms with van der Waals surface area (Å²) in [5, 5.41) is 6.04. The largest absolute Gasteiger partial charge is 0.467 e. The van der Waals surface area contributed by atoms with Crippen LogP contribution in [0.15, 0.2) is 22.8 Å². The van der Waals surface area contributed by atoms with Gasteiger partial charge in [-0.3, -0.25) is 4.79 Å². The Bertz CT molecular complexity index is 331. The summed E-state index contributed by atoms with van der Waals surface area (Å²) in [5.74, 6) is 0.735. The van der Waals surface area contributed by atoms with Crippen molar-refractivity contribution in [1.29, 1.82) is 0 Å². The van der Waals surface area contributed by atoms with Crippen molar-refractivity contribution < 1.29 is 9.21 Å². The molecule has 1 aromatic heterocycles. The topological polar surface area (TPSA) is 54.3 Å². The van der Waals surface area contributed by atoms with Gasteiger partial charge in [0.05, 0.1) is 17.8 Å². The molecule has 0 radical (unpaired) electrons. The summed E-state index contributed by atoms with van der Waals surface area (Å²) in [7, 11) is 0. The summed E-state index contributed by atoms with van der Waals surface area (Å²) in [5.41, 5.74) is -0.560. The molecule has 0 fully saturated rings. The molecule has 1 amide bonds. The molecule has 0 aliphatic carbocycles. The first kappa shape index (κ1) is 12.8. The highest BCUT2D eigenvalue weighted by molar-refractivity contribution is 5.85. The Hall–Kier alpha value is -1.29. The molecule has 0 unspecified atom stereocenters. The van der Waals surface area contributed by atoms with E-state index < -0.39 is 5.54 Å². The van der Waals surface area contributed by atoms with E-state index in [9.17, 15) is 4.79 Å². The average Bonchev–Trinajstić information content (AvgIpc) is 2.70. The summed E-state index contributed by atoms with van der Waals surface area (Å²) >= 11 is 0. The fraction of sp³-hybridized carbons (Fsp3) is 0.583. The molecule has 1 atom stereocenters. The lowest BCUT2D eigenvalue weighted by Crippen LogP contribution is -2.52.